The summed E-state index contributed by atoms with van der Waals surface area (Å²) >= 11 is 0. The molecular weight excluding hydrogens is 304 g/mol. The molecule has 0 saturated heterocycles. The standard InChI is InChI=1S/C18H20N4O2/c1-10-16(19-11(2)17(20-10)18(3,4)5)14-8-15(23)12-9-22(24)7-6-13(12)21-14/h6-9,24H,1-5H3/p+1. The number of rotatable bonds is 1. The summed E-state index contributed by atoms with van der Waals surface area (Å²) in [7, 11) is 0. The van der Waals surface area contributed by atoms with Crippen LogP contribution in [0.5, 0.6) is 0 Å². The number of nitrogens with zero attached hydrogens (tertiary/aromatic N) is 3. The lowest BCUT2D eigenvalue weighted by molar-refractivity contribution is -0.904. The summed E-state index contributed by atoms with van der Waals surface area (Å²) in [6.45, 7) is 10.1. The van der Waals surface area contributed by atoms with Gasteiger partial charge in [0, 0.05) is 22.3 Å². The molecule has 0 amide bonds. The van der Waals surface area contributed by atoms with Crippen LogP contribution in [0.25, 0.3) is 22.3 Å². The molecule has 3 aromatic rings. The van der Waals surface area contributed by atoms with Crippen molar-refractivity contribution in [2.75, 3.05) is 0 Å². The van der Waals surface area contributed by atoms with Gasteiger partial charge >= 0.3 is 0 Å². The molecule has 24 heavy (non-hydrogen) atoms. The van der Waals surface area contributed by atoms with E-state index in [4.69, 9.17) is 4.98 Å². The molecule has 2 N–H and O–H groups in total. The minimum atomic E-state index is -0.180. The molecule has 6 heteroatoms. The third kappa shape index (κ3) is 2.75. The maximum absolute atomic E-state index is 12.4. The molecule has 0 aliphatic rings. The summed E-state index contributed by atoms with van der Waals surface area (Å²) in [4.78, 5) is 25.0. The quantitative estimate of drug-likeness (QED) is 0.532. The molecular formula is C18H21N4O2+. The first-order valence-electron chi connectivity index (χ1n) is 7.80. The number of nitrogens with one attached hydrogen (secondary N) is 1. The summed E-state index contributed by atoms with van der Waals surface area (Å²) in [5.74, 6) is 0. The van der Waals surface area contributed by atoms with E-state index in [1.54, 1.807) is 6.07 Å². The molecule has 0 atom stereocenters. The van der Waals surface area contributed by atoms with Gasteiger partial charge in [0.25, 0.3) is 0 Å². The average molecular weight is 325 g/mol. The van der Waals surface area contributed by atoms with Gasteiger partial charge in [0.2, 0.25) is 12.4 Å². The highest BCUT2D eigenvalue weighted by Gasteiger charge is 2.21. The van der Waals surface area contributed by atoms with Crippen LogP contribution in [0.15, 0.2) is 29.3 Å². The minimum absolute atomic E-state index is 0.0914. The molecule has 0 spiro atoms. The van der Waals surface area contributed by atoms with E-state index in [1.807, 2.05) is 13.8 Å². The van der Waals surface area contributed by atoms with Crippen molar-refractivity contribution in [3.63, 3.8) is 0 Å². The van der Waals surface area contributed by atoms with Crippen LogP contribution in [0.3, 0.4) is 0 Å². The Labute approximate surface area is 139 Å². The van der Waals surface area contributed by atoms with E-state index < -0.39 is 0 Å². The molecule has 0 bridgehead atoms. The van der Waals surface area contributed by atoms with Gasteiger partial charge in [-0.25, -0.2) is 4.98 Å². The van der Waals surface area contributed by atoms with Crippen LogP contribution in [0.1, 0.15) is 37.9 Å². The topological polar surface area (TPSA) is 82.8 Å². The molecule has 3 rings (SSSR count). The summed E-state index contributed by atoms with van der Waals surface area (Å²) in [6.07, 6.45) is 2.85. The van der Waals surface area contributed by atoms with Crippen LogP contribution in [0.4, 0.5) is 0 Å². The van der Waals surface area contributed by atoms with Gasteiger partial charge < -0.3 is 4.98 Å². The molecule has 3 aromatic heterocycles. The molecule has 0 radical (unpaired) electrons. The first-order chi connectivity index (χ1) is 11.2. The zero-order valence-electron chi connectivity index (χ0n) is 14.5. The van der Waals surface area contributed by atoms with Gasteiger partial charge in [-0.15, -0.1) is 0 Å². The van der Waals surface area contributed by atoms with Crippen LogP contribution in [0, 0.1) is 13.8 Å². The maximum atomic E-state index is 12.4. The van der Waals surface area contributed by atoms with Crippen LogP contribution in [-0.4, -0.2) is 20.2 Å². The van der Waals surface area contributed by atoms with E-state index in [0.29, 0.717) is 22.3 Å². The van der Waals surface area contributed by atoms with E-state index in [9.17, 15) is 10.0 Å². The minimum Gasteiger partial charge on any atom is -0.353 e. The molecule has 0 aliphatic heterocycles. The summed E-state index contributed by atoms with van der Waals surface area (Å²) in [5, 5.41) is 9.88. The molecule has 0 aromatic carbocycles. The summed E-state index contributed by atoms with van der Waals surface area (Å²) < 4.78 is 0.866. The van der Waals surface area contributed by atoms with Gasteiger partial charge in [0.1, 0.15) is 11.1 Å². The van der Waals surface area contributed by atoms with Crippen molar-refractivity contribution in [2.24, 2.45) is 0 Å². The first-order valence-corrected chi connectivity index (χ1v) is 7.80. The van der Waals surface area contributed by atoms with Gasteiger partial charge in [-0.2, -0.15) is 0 Å². The van der Waals surface area contributed by atoms with Crippen molar-refractivity contribution in [3.05, 3.63) is 51.8 Å². The zero-order chi connectivity index (χ0) is 17.6. The Balaban J connectivity index is 2.23. The van der Waals surface area contributed by atoms with Crippen molar-refractivity contribution in [1.82, 2.24) is 15.0 Å². The van der Waals surface area contributed by atoms with Crippen LogP contribution in [0.2, 0.25) is 0 Å². The van der Waals surface area contributed by atoms with Crippen molar-refractivity contribution in [3.8, 4) is 11.4 Å². The Morgan fingerprint density at radius 3 is 2.54 bits per heavy atom. The Morgan fingerprint density at radius 2 is 1.88 bits per heavy atom. The Bertz CT molecular complexity index is 1000. The third-order valence-electron chi connectivity index (χ3n) is 3.97. The number of aromatic amines is 1. The van der Waals surface area contributed by atoms with Gasteiger partial charge in [-0.3, -0.25) is 15.0 Å². The first kappa shape index (κ1) is 16.1. The fourth-order valence-corrected chi connectivity index (χ4v) is 2.88. The highest BCUT2D eigenvalue weighted by molar-refractivity contribution is 5.79. The Hall–Kier alpha value is -2.76. The zero-order valence-corrected chi connectivity index (χ0v) is 14.5. The predicted molar refractivity (Wildman–Crippen MR) is 91.1 cm³/mol. The van der Waals surface area contributed by atoms with Crippen LogP contribution < -0.4 is 10.2 Å². The van der Waals surface area contributed by atoms with Crippen molar-refractivity contribution < 1.29 is 9.94 Å². The molecule has 6 nitrogen and oxygen atoms in total. The van der Waals surface area contributed by atoms with E-state index in [0.717, 1.165) is 21.8 Å². The number of pyridine rings is 2. The van der Waals surface area contributed by atoms with Crippen LogP contribution in [-0.2, 0) is 5.41 Å². The van der Waals surface area contributed by atoms with Gasteiger partial charge in [-0.1, -0.05) is 20.8 Å². The SMILES string of the molecule is Cc1nc(C(C)(C)C)c(C)nc1-c1cc(=O)c2c[n+](O)ccc2[nH]1. The Morgan fingerprint density at radius 1 is 1.17 bits per heavy atom. The van der Waals surface area contributed by atoms with E-state index in [2.05, 4.69) is 30.7 Å². The lowest BCUT2D eigenvalue weighted by atomic mass is 9.90. The van der Waals surface area contributed by atoms with Gasteiger partial charge in [0.05, 0.1) is 28.3 Å². The number of hydrogen-bond acceptors (Lipinski definition) is 4. The molecule has 124 valence electrons. The largest absolute Gasteiger partial charge is 0.353 e. The number of aromatic nitrogens is 4. The second kappa shape index (κ2) is 5.40. The molecule has 0 aliphatic carbocycles. The second-order valence-corrected chi connectivity index (χ2v) is 7.04. The van der Waals surface area contributed by atoms with Crippen LogP contribution >= 0.6 is 0 Å². The molecule has 0 fully saturated rings. The van der Waals surface area contributed by atoms with E-state index in [1.165, 1.54) is 18.5 Å². The van der Waals surface area contributed by atoms with Gasteiger partial charge in [-0.05, 0) is 13.8 Å². The number of hydrogen-bond donors (Lipinski definition) is 2. The molecule has 0 saturated carbocycles. The average Bonchev–Trinajstić information content (AvgIpc) is 2.48. The van der Waals surface area contributed by atoms with Crippen molar-refractivity contribution >= 4 is 10.9 Å². The number of aryl methyl sites for hydroxylation is 2. The predicted octanol–water partition coefficient (Wildman–Crippen LogP) is 2.42. The monoisotopic (exact) mass is 325 g/mol. The Kier molecular flexibility index (Phi) is 3.63. The van der Waals surface area contributed by atoms with E-state index >= 15 is 0 Å². The van der Waals surface area contributed by atoms with Crippen molar-refractivity contribution in [2.45, 2.75) is 40.0 Å². The normalized spacial score (nSPS) is 11.9. The highest BCUT2D eigenvalue weighted by Crippen LogP contribution is 2.26. The van der Waals surface area contributed by atoms with Crippen molar-refractivity contribution in [1.29, 1.82) is 0 Å². The third-order valence-corrected chi connectivity index (χ3v) is 3.97. The summed E-state index contributed by atoms with van der Waals surface area (Å²) in [6, 6.07) is 3.15. The molecule has 0 unspecified atom stereocenters. The lowest BCUT2D eigenvalue weighted by Gasteiger charge is -2.21. The highest BCUT2D eigenvalue weighted by atomic mass is 16.5. The fraction of sp³-hybridized carbons (Fsp3) is 0.333. The smallest absolute Gasteiger partial charge is 0.235 e. The maximum Gasteiger partial charge on any atom is 0.235 e. The number of fused-ring (bicyclic) bond motifs is 1. The lowest BCUT2D eigenvalue weighted by Crippen LogP contribution is -2.29. The number of H-pyrrole nitrogens is 1. The van der Waals surface area contributed by atoms with Gasteiger partial charge in [0.15, 0.2) is 5.43 Å². The fourth-order valence-electron chi connectivity index (χ4n) is 2.88. The molecule has 3 heterocycles. The second-order valence-electron chi connectivity index (χ2n) is 7.04. The summed E-state index contributed by atoms with van der Waals surface area (Å²) in [5.41, 5.74) is 4.23. The van der Waals surface area contributed by atoms with E-state index in [-0.39, 0.29) is 10.8 Å².